The average Bonchev–Trinajstić information content (AvgIpc) is 3.89. The highest BCUT2D eigenvalue weighted by Crippen LogP contribution is 2.37. The van der Waals surface area contributed by atoms with Gasteiger partial charge in [-0.25, -0.2) is 15.0 Å². The highest BCUT2D eigenvalue weighted by Gasteiger charge is 2.17. The van der Waals surface area contributed by atoms with Gasteiger partial charge in [-0.05, 0) is 132 Å². The van der Waals surface area contributed by atoms with Gasteiger partial charge in [0, 0.05) is 33.2 Å². The summed E-state index contributed by atoms with van der Waals surface area (Å²) in [5.41, 5.74) is 22.3. The summed E-state index contributed by atoms with van der Waals surface area (Å²) in [4.78, 5) is 15.8. The summed E-state index contributed by atoms with van der Waals surface area (Å²) in [6.45, 7) is 0. The topological polar surface area (TPSA) is 43.6 Å². The molecule has 2 aromatic heterocycles. The number of nitrogens with zero attached hydrogens (tertiary/aromatic N) is 4. The zero-order valence-corrected chi connectivity index (χ0v) is 43.2. The smallest absolute Gasteiger partial charge is 0.164 e. The molecule has 0 N–H and O–H groups in total. The average molecular weight is 1010 g/mol. The van der Waals surface area contributed by atoms with E-state index in [0.29, 0.717) is 17.5 Å². The summed E-state index contributed by atoms with van der Waals surface area (Å²) >= 11 is 0. The van der Waals surface area contributed by atoms with Crippen LogP contribution in [0.2, 0.25) is 0 Å². The second-order valence-corrected chi connectivity index (χ2v) is 20.0. The molecule has 4 heteroatoms. The minimum atomic E-state index is 0.603. The molecule has 0 aliphatic rings. The first-order chi connectivity index (χ1) is 39.1. The maximum absolute atomic E-state index is 5.26. The molecule has 14 rings (SSSR count). The molecule has 370 valence electrons. The lowest BCUT2D eigenvalue weighted by molar-refractivity contribution is 1.07. The molecule has 0 radical (unpaired) electrons. The Morgan fingerprint density at radius 3 is 0.823 bits per heavy atom. The van der Waals surface area contributed by atoms with Gasteiger partial charge in [0.05, 0.1) is 11.0 Å². The minimum Gasteiger partial charge on any atom is -0.309 e. The Hall–Kier alpha value is -10.6. The molecule has 0 amide bonds. The van der Waals surface area contributed by atoms with Gasteiger partial charge in [-0.2, -0.15) is 0 Å². The molecular weight excluding hydrogens is 957 g/mol. The number of fused-ring (bicyclic) bond motifs is 3. The number of benzene rings is 12. The van der Waals surface area contributed by atoms with Crippen molar-refractivity contribution in [2.75, 3.05) is 0 Å². The quantitative estimate of drug-likeness (QED) is 0.130. The van der Waals surface area contributed by atoms with Crippen molar-refractivity contribution >= 4 is 21.8 Å². The number of para-hydroxylation sites is 2. The van der Waals surface area contributed by atoms with Crippen molar-refractivity contribution in [2.24, 2.45) is 0 Å². The number of hydrogen-bond donors (Lipinski definition) is 0. The monoisotopic (exact) mass is 1010 g/mol. The van der Waals surface area contributed by atoms with Gasteiger partial charge in [0.25, 0.3) is 0 Å². The maximum Gasteiger partial charge on any atom is 0.164 e. The van der Waals surface area contributed by atoms with Gasteiger partial charge < -0.3 is 4.57 Å². The normalized spacial score (nSPS) is 11.3. The third-order valence-electron chi connectivity index (χ3n) is 15.1. The number of hydrogen-bond acceptors (Lipinski definition) is 3. The molecule has 12 aromatic carbocycles. The van der Waals surface area contributed by atoms with Crippen molar-refractivity contribution in [3.05, 3.63) is 303 Å². The van der Waals surface area contributed by atoms with E-state index in [2.05, 4.69) is 308 Å². The van der Waals surface area contributed by atoms with Gasteiger partial charge in [0.1, 0.15) is 0 Å². The predicted molar refractivity (Wildman–Crippen MR) is 329 cm³/mol. The second-order valence-electron chi connectivity index (χ2n) is 20.0. The molecule has 0 saturated carbocycles. The lowest BCUT2D eigenvalue weighted by atomic mass is 9.95. The Balaban J connectivity index is 0.805. The zero-order chi connectivity index (χ0) is 52.5. The fourth-order valence-corrected chi connectivity index (χ4v) is 11.0. The first-order valence-electron chi connectivity index (χ1n) is 26.8. The van der Waals surface area contributed by atoms with E-state index in [-0.39, 0.29) is 0 Å². The van der Waals surface area contributed by atoms with E-state index in [9.17, 15) is 0 Å². The van der Waals surface area contributed by atoms with Gasteiger partial charge in [0.2, 0.25) is 0 Å². The van der Waals surface area contributed by atoms with Crippen molar-refractivity contribution in [3.63, 3.8) is 0 Å². The van der Waals surface area contributed by atoms with Crippen LogP contribution in [0.25, 0.3) is 140 Å². The molecule has 0 aliphatic heterocycles. The SMILES string of the molecule is c1ccc(-c2cccc(-c3cccc(-c4ccc(-c5cccc(-c6nc(-c7ccc(-c8cccc(-n9c%10ccccc%10c%10ccccc%109)c8)cc7)nc(-c7cccc(-c8cccc(-c9ccccc9)c8)c7)n6)c5)cc4)c3)c2)cc1. The van der Waals surface area contributed by atoms with Gasteiger partial charge in [-0.1, -0.05) is 249 Å². The van der Waals surface area contributed by atoms with Crippen LogP contribution >= 0.6 is 0 Å². The Morgan fingerprint density at radius 1 is 0.177 bits per heavy atom. The van der Waals surface area contributed by atoms with E-state index < -0.39 is 0 Å². The fraction of sp³-hybridized carbons (Fsp3) is 0. The Labute approximate surface area is 460 Å². The molecule has 14 aromatic rings. The largest absolute Gasteiger partial charge is 0.309 e. The molecule has 0 bridgehead atoms. The predicted octanol–water partition coefficient (Wildman–Crippen LogP) is 19.6. The van der Waals surface area contributed by atoms with E-state index in [1.807, 2.05) is 0 Å². The van der Waals surface area contributed by atoms with Gasteiger partial charge in [0.15, 0.2) is 17.5 Å². The van der Waals surface area contributed by atoms with Crippen molar-refractivity contribution in [1.82, 2.24) is 19.5 Å². The van der Waals surface area contributed by atoms with Crippen LogP contribution in [0.5, 0.6) is 0 Å². The first-order valence-corrected chi connectivity index (χ1v) is 26.8. The van der Waals surface area contributed by atoms with Crippen molar-refractivity contribution in [2.45, 2.75) is 0 Å². The summed E-state index contributed by atoms with van der Waals surface area (Å²) in [7, 11) is 0. The van der Waals surface area contributed by atoms with E-state index >= 15 is 0 Å². The molecule has 0 saturated heterocycles. The summed E-state index contributed by atoms with van der Waals surface area (Å²) < 4.78 is 2.36. The second kappa shape index (κ2) is 20.5. The Morgan fingerprint density at radius 2 is 0.430 bits per heavy atom. The zero-order valence-electron chi connectivity index (χ0n) is 43.2. The molecular formula is C75H50N4. The minimum absolute atomic E-state index is 0.603. The summed E-state index contributed by atoms with van der Waals surface area (Å²) in [5.74, 6) is 1.81. The lowest BCUT2D eigenvalue weighted by Gasteiger charge is -2.12. The molecule has 79 heavy (non-hydrogen) atoms. The maximum atomic E-state index is 5.26. The third-order valence-corrected chi connectivity index (χ3v) is 15.1. The van der Waals surface area contributed by atoms with E-state index in [0.717, 1.165) is 61.3 Å². The van der Waals surface area contributed by atoms with Crippen LogP contribution in [-0.2, 0) is 0 Å². The standard InChI is InChI=1S/C75H50N4/c1-3-17-51(18-4-1)57-21-11-25-61(45-57)62-26-13-23-59(47-62)53-37-39-54(40-38-53)60-24-14-30-66(48-60)74-76-73(77-75(78-74)67-31-15-28-64(49-67)63-27-12-22-58(46-63)52-19-5-2-6-20-52)56-43-41-55(42-44-56)65-29-16-32-68(50-65)79-71-35-9-7-33-69(71)70-34-8-10-36-72(70)79/h1-50H. The van der Waals surface area contributed by atoms with E-state index in [1.165, 1.54) is 60.8 Å². The molecule has 0 fully saturated rings. The van der Waals surface area contributed by atoms with Crippen molar-refractivity contribution in [1.29, 1.82) is 0 Å². The Bertz CT molecular complexity index is 4470. The number of rotatable bonds is 11. The van der Waals surface area contributed by atoms with Gasteiger partial charge >= 0.3 is 0 Å². The summed E-state index contributed by atoms with van der Waals surface area (Å²) in [5, 5.41) is 2.49. The van der Waals surface area contributed by atoms with E-state index in [4.69, 9.17) is 15.0 Å². The highest BCUT2D eigenvalue weighted by atomic mass is 15.0. The molecule has 0 spiro atoms. The van der Waals surface area contributed by atoms with Gasteiger partial charge in [-0.3, -0.25) is 0 Å². The molecule has 2 heterocycles. The van der Waals surface area contributed by atoms with Crippen LogP contribution in [0.1, 0.15) is 0 Å². The van der Waals surface area contributed by atoms with Crippen molar-refractivity contribution < 1.29 is 0 Å². The molecule has 0 unspecified atom stereocenters. The van der Waals surface area contributed by atoms with Crippen LogP contribution in [0.15, 0.2) is 303 Å². The lowest BCUT2D eigenvalue weighted by Crippen LogP contribution is -2.00. The van der Waals surface area contributed by atoms with Crippen LogP contribution < -0.4 is 0 Å². The van der Waals surface area contributed by atoms with Crippen molar-refractivity contribution in [3.8, 4) is 118 Å². The number of aromatic nitrogens is 4. The van der Waals surface area contributed by atoms with Crippen LogP contribution in [0.4, 0.5) is 0 Å². The molecule has 0 aliphatic carbocycles. The molecule has 4 nitrogen and oxygen atoms in total. The third kappa shape index (κ3) is 9.39. The van der Waals surface area contributed by atoms with Gasteiger partial charge in [-0.15, -0.1) is 0 Å². The van der Waals surface area contributed by atoms with Crippen LogP contribution in [0.3, 0.4) is 0 Å². The summed E-state index contributed by atoms with van der Waals surface area (Å²) in [6.07, 6.45) is 0. The highest BCUT2D eigenvalue weighted by molar-refractivity contribution is 6.09. The summed E-state index contributed by atoms with van der Waals surface area (Å²) in [6, 6.07) is 108. The van der Waals surface area contributed by atoms with E-state index in [1.54, 1.807) is 0 Å². The molecule has 0 atom stereocenters. The van der Waals surface area contributed by atoms with Crippen LogP contribution in [0, 0.1) is 0 Å². The van der Waals surface area contributed by atoms with Crippen LogP contribution in [-0.4, -0.2) is 19.5 Å². The Kier molecular flexibility index (Phi) is 12.2. The first kappa shape index (κ1) is 46.9. The fourth-order valence-electron chi connectivity index (χ4n) is 11.0.